The second kappa shape index (κ2) is 1.05. The quantitative estimate of drug-likeness (QED) is 0.428. The van der Waals surface area contributed by atoms with Gasteiger partial charge in [0.2, 0.25) is 0 Å². The van der Waals surface area contributed by atoms with Crippen molar-refractivity contribution in [1.82, 2.24) is 0 Å². The average Bonchev–Trinajstić information content (AvgIpc) is 2.45. The fourth-order valence-electron chi connectivity index (χ4n) is 2.66. The zero-order valence-corrected chi connectivity index (χ0v) is 5.51. The van der Waals surface area contributed by atoms with Gasteiger partial charge in [0.1, 0.15) is 0 Å². The van der Waals surface area contributed by atoms with E-state index in [1.54, 1.807) is 0 Å². The Balaban J connectivity index is 0.0000000715. The molecule has 2 N–H and O–H groups in total. The molecule has 0 aromatic rings. The van der Waals surface area contributed by atoms with Crippen LogP contribution in [-0.2, 0) is 0 Å². The van der Waals surface area contributed by atoms with Crippen molar-refractivity contribution in [2.45, 2.75) is 11.4 Å². The molecule has 4 aliphatic rings. The van der Waals surface area contributed by atoms with Crippen molar-refractivity contribution in [3.63, 3.8) is 0 Å². The third-order valence-corrected chi connectivity index (χ3v) is 3.62. The molecule has 0 amide bonds. The molecule has 4 rings (SSSR count). The highest BCUT2D eigenvalue weighted by molar-refractivity contribution is 8.45. The van der Waals surface area contributed by atoms with Gasteiger partial charge in [0.15, 0.2) is 0 Å². The first-order valence-corrected chi connectivity index (χ1v) is 3.90. The van der Waals surface area contributed by atoms with Gasteiger partial charge in [-0.3, -0.25) is 0 Å². The van der Waals surface area contributed by atoms with Crippen molar-refractivity contribution in [3.05, 3.63) is 6.92 Å². The van der Waals surface area contributed by atoms with Gasteiger partial charge < -0.3 is 5.73 Å². The summed E-state index contributed by atoms with van der Waals surface area (Å²) < 4.78 is 0. The van der Waals surface area contributed by atoms with Gasteiger partial charge in [-0.1, -0.05) is 6.92 Å². The van der Waals surface area contributed by atoms with Crippen LogP contribution in [0.15, 0.2) is 0 Å². The largest absolute Gasteiger partial charge is 0.330 e. The van der Waals surface area contributed by atoms with Crippen LogP contribution < -0.4 is 5.73 Å². The highest BCUT2D eigenvalue weighted by atomic mass is 14.5. The first-order valence-electron chi connectivity index (χ1n) is 3.90. The van der Waals surface area contributed by atoms with Crippen molar-refractivity contribution in [2.75, 3.05) is 6.54 Å². The van der Waals surface area contributed by atoms with Crippen LogP contribution in [-0.4, -0.2) is 32.5 Å². The molecule has 0 atom stereocenters. The molecule has 4 saturated heterocycles. The monoisotopic (exact) mass is 114 g/mol. The Bertz CT molecular complexity index is 136. The lowest BCUT2D eigenvalue weighted by molar-refractivity contribution is 1.01. The van der Waals surface area contributed by atoms with Crippen LogP contribution in [0.25, 0.3) is 0 Å². The van der Waals surface area contributed by atoms with E-state index < -0.39 is 0 Å². The van der Waals surface area contributed by atoms with Crippen LogP contribution in [0.1, 0.15) is 6.42 Å². The third kappa shape index (κ3) is 0.288. The van der Waals surface area contributed by atoms with E-state index in [9.17, 15) is 0 Å². The van der Waals surface area contributed by atoms with E-state index >= 15 is 0 Å². The summed E-state index contributed by atoms with van der Waals surface area (Å²) in [6.07, 6.45) is 0.847. The molecule has 0 bridgehead atoms. The highest BCUT2D eigenvalue weighted by Gasteiger charge is 3.22. The molecule has 5 heteroatoms. The van der Waals surface area contributed by atoms with Gasteiger partial charge in [0.05, 0.1) is 0 Å². The lowest BCUT2D eigenvalue weighted by Crippen LogP contribution is -2.38. The fraction of sp³-hybridized carbons (Fsp3) is 0.750. The molecule has 0 aromatic heterocycles. The standard InChI is InChI=1S/C3H8N.CB4/c1-2-3-4;2-1-3(2)5(1)4(1)2/h1-4H2;. The second-order valence-corrected chi connectivity index (χ2v) is 3.75. The molecule has 4 heterocycles. The molecule has 4 fully saturated rings. The van der Waals surface area contributed by atoms with Crippen molar-refractivity contribution in [1.29, 1.82) is 0 Å². The van der Waals surface area contributed by atoms with Gasteiger partial charge in [-0.2, -0.15) is 5.01 Å². The number of nitrogens with two attached hydrogens (primary N) is 1. The Morgan fingerprint density at radius 2 is 1.44 bits per heavy atom. The van der Waals surface area contributed by atoms with Gasteiger partial charge in [-0.05, 0) is 13.0 Å². The molecule has 1 nitrogen and oxygen atoms in total. The van der Waals surface area contributed by atoms with E-state index in [0.29, 0.717) is 6.54 Å². The van der Waals surface area contributed by atoms with Crippen molar-refractivity contribution in [3.8, 4) is 0 Å². The van der Waals surface area contributed by atoms with Crippen LogP contribution in [0.5, 0.6) is 0 Å². The average molecular weight is 113 g/mol. The third-order valence-electron chi connectivity index (χ3n) is 3.62. The van der Waals surface area contributed by atoms with Crippen molar-refractivity contribution < 1.29 is 0 Å². The summed E-state index contributed by atoms with van der Waals surface area (Å²) in [5.41, 5.74) is 4.97. The predicted molar refractivity (Wildman–Crippen MR) is 44.7 cm³/mol. The maximum atomic E-state index is 4.97. The minimum atomic E-state index is 0.708. The summed E-state index contributed by atoms with van der Waals surface area (Å²) in [5, 5.41) is 1.17. The van der Waals surface area contributed by atoms with Crippen molar-refractivity contribution >= 4 is 26.0 Å². The van der Waals surface area contributed by atoms with Crippen LogP contribution in [0.3, 0.4) is 0 Å². The summed E-state index contributed by atoms with van der Waals surface area (Å²) in [5.74, 6) is 0. The first kappa shape index (κ1) is 4.95. The minimum absolute atomic E-state index is 0.708. The van der Waals surface area contributed by atoms with Crippen LogP contribution >= 0.6 is 0 Å². The number of hydrogen-bond donors (Lipinski definition) is 1. The SMILES string of the molecule is B12B3B4B1C234.[CH2]CCN. The molecule has 1 spiro atoms. The first-order chi connectivity index (χ1) is 4.40. The smallest absolute Gasteiger partial charge is 0.0410 e. The Morgan fingerprint density at radius 3 is 1.44 bits per heavy atom. The lowest BCUT2D eigenvalue weighted by atomic mass is 8.81. The lowest BCUT2D eigenvalue weighted by Gasteiger charge is -1.96. The molecule has 1 radical (unpaired) electrons. The van der Waals surface area contributed by atoms with Gasteiger partial charge in [0.25, 0.3) is 0 Å². The fourth-order valence-corrected chi connectivity index (χ4v) is 2.66. The van der Waals surface area contributed by atoms with Gasteiger partial charge in [-0.15, -0.1) is 0 Å². The van der Waals surface area contributed by atoms with Gasteiger partial charge in [0, 0.05) is 26.0 Å². The summed E-state index contributed by atoms with van der Waals surface area (Å²) >= 11 is 0. The summed E-state index contributed by atoms with van der Waals surface area (Å²) in [6, 6.07) is 0. The van der Waals surface area contributed by atoms with E-state index in [1.165, 1.54) is 31.0 Å². The molecule has 0 aliphatic carbocycles. The van der Waals surface area contributed by atoms with Crippen LogP contribution in [0.2, 0.25) is 5.01 Å². The van der Waals surface area contributed by atoms with E-state index in [4.69, 9.17) is 5.73 Å². The molecule has 0 unspecified atom stereocenters. The zero-order chi connectivity index (χ0) is 6.22. The predicted octanol–water partition coefficient (Wildman–Crippen LogP) is -1.14. The number of fused-ring (bicyclic) bond motifs is 4. The molecular formula is C4H8B4N. The van der Waals surface area contributed by atoms with Crippen LogP contribution in [0.4, 0.5) is 0 Å². The Hall–Kier alpha value is 0.220. The maximum absolute atomic E-state index is 4.97. The normalized spacial score (nSPS) is 30.0. The number of hydrogen-bond acceptors (Lipinski definition) is 1. The van der Waals surface area contributed by atoms with E-state index in [2.05, 4.69) is 6.92 Å². The Morgan fingerprint density at radius 1 is 1.22 bits per heavy atom. The van der Waals surface area contributed by atoms with Gasteiger partial charge in [-0.25, -0.2) is 0 Å². The highest BCUT2D eigenvalue weighted by Crippen LogP contribution is 3.04. The second-order valence-electron chi connectivity index (χ2n) is 3.75. The maximum Gasteiger partial charge on any atom is 0.0410 e. The van der Waals surface area contributed by atoms with Gasteiger partial charge >= 0.3 is 0 Å². The zero-order valence-electron chi connectivity index (χ0n) is 5.51. The molecule has 41 valence electrons. The molecule has 0 saturated carbocycles. The van der Waals surface area contributed by atoms with Crippen molar-refractivity contribution in [2.24, 2.45) is 5.73 Å². The summed E-state index contributed by atoms with van der Waals surface area (Å²) in [6.45, 7) is 9.60. The van der Waals surface area contributed by atoms with E-state index in [-0.39, 0.29) is 0 Å². The van der Waals surface area contributed by atoms with E-state index in [0.717, 1.165) is 6.42 Å². The van der Waals surface area contributed by atoms with Crippen LogP contribution in [0, 0.1) is 6.92 Å². The molecule has 4 aliphatic heterocycles. The Labute approximate surface area is 57.4 Å². The summed E-state index contributed by atoms with van der Waals surface area (Å²) in [7, 11) is 0. The number of rotatable bonds is 1. The summed E-state index contributed by atoms with van der Waals surface area (Å²) in [4.78, 5) is 0. The minimum Gasteiger partial charge on any atom is -0.330 e. The molecular weight excluding hydrogens is 105 g/mol. The molecule has 0 aromatic carbocycles. The topological polar surface area (TPSA) is 26.0 Å². The van der Waals surface area contributed by atoms with E-state index in [1.807, 2.05) is 0 Å². The Kier molecular flexibility index (Phi) is 0.576. The molecule has 9 heavy (non-hydrogen) atoms.